The summed E-state index contributed by atoms with van der Waals surface area (Å²) in [5.41, 5.74) is 10.6. The number of rotatable bonds is 22. The van der Waals surface area contributed by atoms with E-state index in [1.165, 1.54) is 116 Å². The van der Waals surface area contributed by atoms with Gasteiger partial charge in [-0.1, -0.05) is 127 Å². The number of hydrogen-bond donors (Lipinski definition) is 0. The van der Waals surface area contributed by atoms with Crippen LogP contribution in [0.2, 0.25) is 0 Å². The van der Waals surface area contributed by atoms with Gasteiger partial charge in [-0.2, -0.15) is 0 Å². The van der Waals surface area contributed by atoms with Gasteiger partial charge < -0.3 is 9.80 Å². The lowest BCUT2D eigenvalue weighted by Crippen LogP contribution is -2.26. The fourth-order valence-corrected chi connectivity index (χ4v) is 11.2. The first-order chi connectivity index (χ1) is 29.3. The fraction of sp³-hybridized carbons (Fsp3) is 0.357. The summed E-state index contributed by atoms with van der Waals surface area (Å²) in [5.74, 6) is 0. The molecule has 0 N–H and O–H groups in total. The first-order valence-electron chi connectivity index (χ1n) is 22.7. The summed E-state index contributed by atoms with van der Waals surface area (Å²) >= 11 is 3.83. The molecular weight excluding hydrogens is 765 g/mol. The minimum absolute atomic E-state index is 0.00736. The molecule has 312 valence electrons. The number of aryl methyl sites for hydroxylation is 2. The van der Waals surface area contributed by atoms with Gasteiger partial charge in [0.2, 0.25) is 0 Å². The molecule has 0 fully saturated rings. The van der Waals surface area contributed by atoms with Gasteiger partial charge in [0.25, 0.3) is 0 Å². The van der Waals surface area contributed by atoms with E-state index in [4.69, 9.17) is 0 Å². The van der Waals surface area contributed by atoms with Crippen LogP contribution in [-0.4, -0.2) is 0 Å². The third kappa shape index (κ3) is 9.77. The van der Waals surface area contributed by atoms with E-state index in [-0.39, 0.29) is 10.8 Å². The Bertz CT molecular complexity index is 2280. The zero-order valence-corrected chi connectivity index (χ0v) is 38.4. The number of thiophene rings is 2. The fourth-order valence-electron chi connectivity index (χ4n) is 9.24. The third-order valence-electron chi connectivity index (χ3n) is 12.5. The molecule has 0 unspecified atom stereocenters. The molecule has 60 heavy (non-hydrogen) atoms. The van der Waals surface area contributed by atoms with Crippen molar-refractivity contribution in [2.45, 2.75) is 123 Å². The van der Waals surface area contributed by atoms with Gasteiger partial charge in [-0.25, -0.2) is 0 Å². The van der Waals surface area contributed by atoms with Gasteiger partial charge in [-0.3, -0.25) is 0 Å². The molecule has 4 heteroatoms. The second kappa shape index (κ2) is 20.3. The first-order valence-corrected chi connectivity index (χ1v) is 24.4. The molecule has 0 spiro atoms. The first kappa shape index (κ1) is 43.4. The Kier molecular flexibility index (Phi) is 14.7. The minimum Gasteiger partial charge on any atom is -0.302 e. The summed E-state index contributed by atoms with van der Waals surface area (Å²) in [4.78, 5) is 7.84. The summed E-state index contributed by atoms with van der Waals surface area (Å²) in [7, 11) is 0. The molecular formula is C56H66N2S2. The Balaban J connectivity index is 1.39. The van der Waals surface area contributed by atoms with Crippen molar-refractivity contribution in [2.24, 2.45) is 5.41 Å². The molecule has 5 aromatic rings. The number of allylic oxidation sites excluding steroid dienone is 7. The van der Waals surface area contributed by atoms with Crippen LogP contribution in [0.3, 0.4) is 0 Å². The normalized spacial score (nSPS) is 14.6. The molecule has 0 bridgehead atoms. The molecule has 3 aromatic carbocycles. The SMILES string of the molecule is C=CCCCCCCC1(CCCCCCC=C)c2cc(N(C3=CC=CC(C)(C)C=C3)c3ccc(CC)s3)ccc2-c2ccc(N(c3ccccc3)c3ccc(CC)s3)cc21. The summed E-state index contributed by atoms with van der Waals surface area (Å²) in [6.07, 6.45) is 32.1. The molecule has 0 radical (unpaired) electrons. The zero-order chi connectivity index (χ0) is 42.0. The van der Waals surface area contributed by atoms with E-state index in [1.54, 1.807) is 0 Å². The van der Waals surface area contributed by atoms with Crippen molar-refractivity contribution in [2.75, 3.05) is 9.80 Å². The number of unbranched alkanes of at least 4 members (excludes halogenated alkanes) is 8. The van der Waals surface area contributed by atoms with Crippen molar-refractivity contribution in [1.29, 1.82) is 0 Å². The van der Waals surface area contributed by atoms with Gasteiger partial charge >= 0.3 is 0 Å². The van der Waals surface area contributed by atoms with Crippen LogP contribution in [0.5, 0.6) is 0 Å². The number of benzene rings is 3. The molecule has 2 nitrogen and oxygen atoms in total. The van der Waals surface area contributed by atoms with Crippen LogP contribution in [0.15, 0.2) is 152 Å². The third-order valence-corrected chi connectivity index (χ3v) is 15.0. The lowest BCUT2D eigenvalue weighted by molar-refractivity contribution is 0.400. The van der Waals surface area contributed by atoms with Crippen molar-refractivity contribution < 1.29 is 0 Å². The number of nitrogens with zero attached hydrogens (tertiary/aromatic N) is 2. The molecule has 2 aromatic heterocycles. The number of anilines is 5. The van der Waals surface area contributed by atoms with Crippen molar-refractivity contribution in [3.8, 4) is 11.1 Å². The predicted molar refractivity (Wildman–Crippen MR) is 266 cm³/mol. The maximum atomic E-state index is 4.01. The summed E-state index contributed by atoms with van der Waals surface area (Å²) in [6.45, 7) is 17.1. The standard InChI is InChI=1S/C56H66N2S2/c1-7-11-13-15-17-22-38-56(39-23-18-16-14-12-8-2)51-41-45(57(43-25-20-19-21-26-43)53-34-30-47(9-3)59-53)28-32-49(51)50-33-29-46(42-52(50)56)58(54-35-31-48(10-4)60-54)44-27-24-37-55(5,6)40-36-44/h7-8,19-21,24-37,40-42H,1-2,9-18,22-23,38-39H2,3-6H3. The minimum atomic E-state index is -0.106. The molecule has 0 saturated carbocycles. The maximum Gasteiger partial charge on any atom is 0.100 e. The molecule has 7 rings (SSSR count). The highest BCUT2D eigenvalue weighted by Gasteiger charge is 2.43. The van der Waals surface area contributed by atoms with Crippen molar-refractivity contribution in [3.63, 3.8) is 0 Å². The highest BCUT2D eigenvalue weighted by molar-refractivity contribution is 7.16. The molecule has 2 aliphatic rings. The number of hydrogen-bond acceptors (Lipinski definition) is 4. The molecule has 0 saturated heterocycles. The quantitative estimate of drug-likeness (QED) is 0.0506. The van der Waals surface area contributed by atoms with E-state index in [9.17, 15) is 0 Å². The highest BCUT2D eigenvalue weighted by Crippen LogP contribution is 2.57. The molecule has 0 aliphatic heterocycles. The molecule has 2 aliphatic carbocycles. The van der Waals surface area contributed by atoms with Gasteiger partial charge in [0, 0.05) is 43.3 Å². The summed E-state index contributed by atoms with van der Waals surface area (Å²) in [6, 6.07) is 35.2. The van der Waals surface area contributed by atoms with E-state index in [2.05, 4.69) is 184 Å². The van der Waals surface area contributed by atoms with Gasteiger partial charge in [0.15, 0.2) is 0 Å². The largest absolute Gasteiger partial charge is 0.302 e. The topological polar surface area (TPSA) is 6.48 Å². The maximum absolute atomic E-state index is 4.01. The Labute approximate surface area is 370 Å². The van der Waals surface area contributed by atoms with Gasteiger partial charge in [0.1, 0.15) is 10.0 Å². The Morgan fingerprint density at radius 3 is 1.63 bits per heavy atom. The van der Waals surface area contributed by atoms with Crippen molar-refractivity contribution in [3.05, 3.63) is 173 Å². The lowest BCUT2D eigenvalue weighted by atomic mass is 9.70. The molecule has 0 atom stereocenters. The van der Waals surface area contributed by atoms with E-state index in [1.807, 2.05) is 22.7 Å². The zero-order valence-electron chi connectivity index (χ0n) is 36.7. The van der Waals surface area contributed by atoms with Gasteiger partial charge in [-0.15, -0.1) is 35.8 Å². The van der Waals surface area contributed by atoms with Gasteiger partial charge in [0.05, 0.1) is 0 Å². The van der Waals surface area contributed by atoms with Crippen LogP contribution >= 0.6 is 22.7 Å². The van der Waals surface area contributed by atoms with Crippen LogP contribution in [-0.2, 0) is 18.3 Å². The summed E-state index contributed by atoms with van der Waals surface area (Å²) < 4.78 is 0. The van der Waals surface area contributed by atoms with Crippen molar-refractivity contribution >= 4 is 49.7 Å². The van der Waals surface area contributed by atoms with Crippen LogP contribution in [0.1, 0.15) is 126 Å². The summed E-state index contributed by atoms with van der Waals surface area (Å²) in [5, 5.41) is 2.54. The van der Waals surface area contributed by atoms with E-state index >= 15 is 0 Å². The van der Waals surface area contributed by atoms with E-state index < -0.39 is 0 Å². The smallest absolute Gasteiger partial charge is 0.100 e. The average Bonchev–Trinajstić information content (AvgIpc) is 3.97. The number of fused-ring (bicyclic) bond motifs is 3. The predicted octanol–water partition coefficient (Wildman–Crippen LogP) is 17.9. The van der Waals surface area contributed by atoms with E-state index in [0.29, 0.717) is 0 Å². The van der Waals surface area contributed by atoms with Crippen LogP contribution in [0.25, 0.3) is 11.1 Å². The van der Waals surface area contributed by atoms with Crippen LogP contribution in [0.4, 0.5) is 27.1 Å². The van der Waals surface area contributed by atoms with Crippen LogP contribution in [0, 0.1) is 5.41 Å². The Morgan fingerprint density at radius 1 is 0.567 bits per heavy atom. The second-order valence-electron chi connectivity index (χ2n) is 17.3. The Morgan fingerprint density at radius 2 is 1.10 bits per heavy atom. The lowest BCUT2D eigenvalue weighted by Gasteiger charge is -2.35. The highest BCUT2D eigenvalue weighted by atomic mass is 32.1. The molecule has 0 amide bonds. The van der Waals surface area contributed by atoms with Gasteiger partial charge in [-0.05, 0) is 146 Å². The van der Waals surface area contributed by atoms with Crippen LogP contribution < -0.4 is 9.80 Å². The van der Waals surface area contributed by atoms with Crippen molar-refractivity contribution in [1.82, 2.24) is 0 Å². The Hall–Kier alpha value is -4.64. The monoisotopic (exact) mass is 830 g/mol. The second-order valence-corrected chi connectivity index (χ2v) is 19.6. The molecule has 2 heterocycles. The van der Waals surface area contributed by atoms with E-state index in [0.717, 1.165) is 38.5 Å². The number of para-hydroxylation sites is 1. The average molecular weight is 831 g/mol.